The van der Waals surface area contributed by atoms with Crippen molar-refractivity contribution in [2.24, 2.45) is 5.92 Å². The fourth-order valence-electron chi connectivity index (χ4n) is 5.89. The van der Waals surface area contributed by atoms with Crippen LogP contribution in [0.2, 0.25) is 5.02 Å². The van der Waals surface area contributed by atoms with Crippen molar-refractivity contribution in [1.82, 2.24) is 35.2 Å². The van der Waals surface area contributed by atoms with Crippen LogP contribution in [0.1, 0.15) is 47.6 Å². The molecule has 1 atom stereocenters. The molecule has 0 aliphatic carbocycles. The quantitative estimate of drug-likeness (QED) is 0.171. The molecule has 1 fully saturated rings. The number of hydrogen-bond acceptors (Lipinski definition) is 7. The highest BCUT2D eigenvalue weighted by Gasteiger charge is 2.21. The zero-order chi connectivity index (χ0) is 31.6. The van der Waals surface area contributed by atoms with Gasteiger partial charge in [-0.2, -0.15) is 10.2 Å². The normalized spacial score (nSPS) is 14.7. The molecule has 1 aliphatic heterocycles. The molecule has 0 saturated carbocycles. The van der Waals surface area contributed by atoms with E-state index in [2.05, 4.69) is 72.6 Å². The van der Waals surface area contributed by atoms with Crippen LogP contribution in [0.4, 0.5) is 0 Å². The Bertz CT molecular complexity index is 1660. The van der Waals surface area contributed by atoms with Crippen molar-refractivity contribution >= 4 is 35.1 Å². The maximum absolute atomic E-state index is 11.3. The van der Waals surface area contributed by atoms with Crippen molar-refractivity contribution in [2.75, 3.05) is 27.2 Å². The number of likely N-dealkylation sites (tertiary alicyclic amines) is 1. The topological polar surface area (TPSA) is 111 Å². The molecule has 2 aromatic carbocycles. The van der Waals surface area contributed by atoms with Gasteiger partial charge in [0.15, 0.2) is 0 Å². The number of hydrogen-bond donors (Lipinski definition) is 2. The molecule has 4 heterocycles. The summed E-state index contributed by atoms with van der Waals surface area (Å²) in [6.45, 7) is 3.79. The number of benzene rings is 2. The molecular formula is C35H40ClN7O2. The van der Waals surface area contributed by atoms with Crippen LogP contribution >= 0.6 is 11.6 Å². The lowest BCUT2D eigenvalue weighted by molar-refractivity contribution is -0.115. The summed E-state index contributed by atoms with van der Waals surface area (Å²) in [5, 5.41) is 16.2. The number of halogens is 1. The second-order valence-corrected chi connectivity index (χ2v) is 12.2. The predicted octanol–water partition coefficient (Wildman–Crippen LogP) is 6.08. The van der Waals surface area contributed by atoms with Crippen LogP contribution in [-0.2, 0) is 29.1 Å². The summed E-state index contributed by atoms with van der Waals surface area (Å²) in [7, 11) is 4.23. The van der Waals surface area contributed by atoms with Crippen molar-refractivity contribution in [3.63, 3.8) is 0 Å². The van der Waals surface area contributed by atoms with E-state index in [1.54, 1.807) is 18.6 Å². The molecule has 1 aliphatic rings. The van der Waals surface area contributed by atoms with Crippen LogP contribution in [0.25, 0.3) is 22.2 Å². The summed E-state index contributed by atoms with van der Waals surface area (Å²) in [5.74, 6) is 0.290. The lowest BCUT2D eigenvalue weighted by Gasteiger charge is -2.27. The largest absolute Gasteiger partial charge is 0.306 e. The number of carbonyl (C=O) groups is 2. The third-order valence-corrected chi connectivity index (χ3v) is 8.72. The van der Waals surface area contributed by atoms with Gasteiger partial charge in [0, 0.05) is 60.4 Å². The number of aromatic amines is 2. The first-order valence-corrected chi connectivity index (χ1v) is 15.7. The predicted molar refractivity (Wildman–Crippen MR) is 178 cm³/mol. The van der Waals surface area contributed by atoms with Crippen LogP contribution < -0.4 is 0 Å². The van der Waals surface area contributed by atoms with Gasteiger partial charge < -0.3 is 14.5 Å². The highest BCUT2D eigenvalue weighted by molar-refractivity contribution is 6.35. The van der Waals surface area contributed by atoms with Crippen molar-refractivity contribution in [2.45, 2.75) is 44.7 Å². The lowest BCUT2D eigenvalue weighted by Crippen LogP contribution is -2.29. The van der Waals surface area contributed by atoms with Gasteiger partial charge in [-0.25, -0.2) is 0 Å². The molecule has 0 unspecified atom stereocenters. The van der Waals surface area contributed by atoms with Crippen LogP contribution in [0.3, 0.4) is 0 Å². The van der Waals surface area contributed by atoms with E-state index in [0.717, 1.165) is 52.4 Å². The molecule has 10 heteroatoms. The first kappa shape index (κ1) is 32.2. The maximum atomic E-state index is 11.3. The standard InChI is InChI=1S/C20H21ClN4O2.C15H19N3/c1-25(11-14-2-5-22-6-3-14)12-18-16(8-15(13-27)4-7-26)9-19(21)20-17(18)10-23-24-20;1-18-9-7-13(8-10-18)15-11-14(16-17-15)12-5-3-2-4-6-12/h2-3,5-7,9-10,13,15H,4,8,11-12H2,1H3,(H,23,24);2-6,11,13H,7-10H2,1H3,(H,16,17)/t15-;/m1./s1. The van der Waals surface area contributed by atoms with Crippen molar-refractivity contribution in [3.05, 3.63) is 101 Å². The molecule has 2 N–H and O–H groups in total. The zero-order valence-electron chi connectivity index (χ0n) is 25.8. The van der Waals surface area contributed by atoms with E-state index >= 15 is 0 Å². The van der Waals surface area contributed by atoms with Gasteiger partial charge in [0.05, 0.1) is 22.4 Å². The van der Waals surface area contributed by atoms with Gasteiger partial charge in [-0.05, 0) is 87.4 Å². The summed E-state index contributed by atoms with van der Waals surface area (Å²) in [6, 6.07) is 18.4. The number of aromatic nitrogens is 5. The fourth-order valence-corrected chi connectivity index (χ4v) is 6.17. The van der Waals surface area contributed by atoms with Gasteiger partial charge in [0.2, 0.25) is 0 Å². The van der Waals surface area contributed by atoms with Gasteiger partial charge in [-0.3, -0.25) is 20.1 Å². The summed E-state index contributed by atoms with van der Waals surface area (Å²) in [6.07, 6.45) is 10.1. The maximum Gasteiger partial charge on any atom is 0.123 e. The Balaban J connectivity index is 0.000000192. The van der Waals surface area contributed by atoms with Crippen LogP contribution in [-0.4, -0.2) is 74.9 Å². The zero-order valence-corrected chi connectivity index (χ0v) is 26.6. The highest BCUT2D eigenvalue weighted by Crippen LogP contribution is 2.31. The summed E-state index contributed by atoms with van der Waals surface area (Å²) in [5.41, 5.74) is 7.52. The van der Waals surface area contributed by atoms with Gasteiger partial charge in [-0.1, -0.05) is 41.9 Å². The van der Waals surface area contributed by atoms with E-state index in [0.29, 0.717) is 23.9 Å². The number of pyridine rings is 1. The molecule has 45 heavy (non-hydrogen) atoms. The average Bonchev–Trinajstić information content (AvgIpc) is 3.76. The minimum absolute atomic E-state index is 0.205. The second kappa shape index (κ2) is 15.7. The summed E-state index contributed by atoms with van der Waals surface area (Å²) < 4.78 is 0. The van der Waals surface area contributed by atoms with Crippen LogP contribution in [0, 0.1) is 5.92 Å². The van der Waals surface area contributed by atoms with E-state index in [1.165, 1.54) is 37.2 Å². The van der Waals surface area contributed by atoms with E-state index in [-0.39, 0.29) is 12.3 Å². The second-order valence-electron chi connectivity index (χ2n) is 11.8. The van der Waals surface area contributed by atoms with Crippen LogP contribution in [0.5, 0.6) is 0 Å². The van der Waals surface area contributed by atoms with Crippen molar-refractivity contribution in [3.8, 4) is 11.3 Å². The molecule has 5 aromatic rings. The van der Waals surface area contributed by atoms with E-state index < -0.39 is 0 Å². The van der Waals surface area contributed by atoms with Gasteiger partial charge in [0.1, 0.15) is 12.6 Å². The van der Waals surface area contributed by atoms with Gasteiger partial charge in [0.25, 0.3) is 0 Å². The monoisotopic (exact) mass is 625 g/mol. The Morgan fingerprint density at radius 3 is 2.51 bits per heavy atom. The number of H-pyrrole nitrogens is 2. The molecule has 234 valence electrons. The molecule has 0 amide bonds. The Morgan fingerprint density at radius 1 is 1.04 bits per heavy atom. The van der Waals surface area contributed by atoms with Gasteiger partial charge in [-0.15, -0.1) is 0 Å². The van der Waals surface area contributed by atoms with E-state index in [9.17, 15) is 9.59 Å². The first-order chi connectivity index (χ1) is 21.9. The molecule has 0 spiro atoms. The summed E-state index contributed by atoms with van der Waals surface area (Å²) >= 11 is 6.40. The Kier molecular flexibility index (Phi) is 11.2. The molecule has 0 radical (unpaired) electrons. The van der Waals surface area contributed by atoms with E-state index in [4.69, 9.17) is 11.6 Å². The van der Waals surface area contributed by atoms with Crippen molar-refractivity contribution in [1.29, 1.82) is 0 Å². The minimum atomic E-state index is -0.354. The SMILES string of the molecule is CN(Cc1ccncc1)Cc1c(C[C@H](C=O)CC=O)cc(Cl)c2[nH]ncc12.CN1CCC(c2cc(-c3ccccc3)n[nH]2)CC1. The molecule has 0 bridgehead atoms. The lowest BCUT2D eigenvalue weighted by atomic mass is 9.92. The molecule has 9 nitrogen and oxygen atoms in total. The Labute approximate surface area is 269 Å². The average molecular weight is 626 g/mol. The first-order valence-electron chi connectivity index (χ1n) is 15.3. The minimum Gasteiger partial charge on any atom is -0.306 e. The Hall–Kier alpha value is -4.18. The van der Waals surface area contributed by atoms with Crippen LogP contribution in [0.15, 0.2) is 73.2 Å². The number of piperidine rings is 1. The number of aldehydes is 2. The number of rotatable bonds is 11. The third kappa shape index (κ3) is 8.51. The number of nitrogens with one attached hydrogen (secondary N) is 2. The number of nitrogens with zero attached hydrogens (tertiary/aromatic N) is 5. The molecule has 3 aromatic heterocycles. The van der Waals surface area contributed by atoms with Gasteiger partial charge >= 0.3 is 0 Å². The number of fused-ring (bicyclic) bond motifs is 1. The molecule has 6 rings (SSSR count). The molecular weight excluding hydrogens is 586 g/mol. The summed E-state index contributed by atoms with van der Waals surface area (Å²) in [4.78, 5) is 30.8. The fraction of sp³-hybridized carbons (Fsp3) is 0.343. The number of carbonyl (C=O) groups excluding carboxylic acids is 2. The third-order valence-electron chi connectivity index (χ3n) is 8.42. The smallest absolute Gasteiger partial charge is 0.123 e. The highest BCUT2D eigenvalue weighted by atomic mass is 35.5. The van der Waals surface area contributed by atoms with E-state index in [1.807, 2.05) is 31.3 Å². The molecule has 1 saturated heterocycles. The van der Waals surface area contributed by atoms with Crippen molar-refractivity contribution < 1.29 is 9.59 Å². The Morgan fingerprint density at radius 2 is 1.80 bits per heavy atom.